The summed E-state index contributed by atoms with van der Waals surface area (Å²) in [6, 6.07) is 1.76. The highest BCUT2D eigenvalue weighted by Gasteiger charge is 2.20. The van der Waals surface area contributed by atoms with Gasteiger partial charge in [-0.05, 0) is 18.1 Å². The second kappa shape index (κ2) is 4.43. The number of nitrogens with zero attached hydrogens (tertiary/aromatic N) is 1. The molecule has 1 heterocycles. The Labute approximate surface area is 90.7 Å². The highest BCUT2D eigenvalue weighted by Crippen LogP contribution is 2.19. The number of aromatic nitrogens is 1. The van der Waals surface area contributed by atoms with Crippen molar-refractivity contribution in [1.82, 2.24) is 4.98 Å². The van der Waals surface area contributed by atoms with E-state index in [0.29, 0.717) is 18.5 Å². The zero-order valence-corrected chi connectivity index (χ0v) is 9.58. The minimum absolute atomic E-state index is 0.255. The van der Waals surface area contributed by atoms with Crippen molar-refractivity contribution in [3.8, 4) is 0 Å². The van der Waals surface area contributed by atoms with Gasteiger partial charge in [-0.1, -0.05) is 20.8 Å². The Hall–Kier alpha value is -1.38. The van der Waals surface area contributed by atoms with Crippen molar-refractivity contribution < 1.29 is 4.79 Å². The van der Waals surface area contributed by atoms with Gasteiger partial charge in [0, 0.05) is 29.9 Å². The molecule has 3 nitrogen and oxygen atoms in total. The van der Waals surface area contributed by atoms with Crippen LogP contribution < -0.4 is 5.73 Å². The number of aryl methyl sites for hydroxylation is 1. The number of hydrogen-bond acceptors (Lipinski definition) is 3. The van der Waals surface area contributed by atoms with E-state index < -0.39 is 0 Å². The average Bonchev–Trinajstić information content (AvgIpc) is 2.14. The molecule has 0 radical (unpaired) electrons. The molecule has 2 N–H and O–H groups in total. The van der Waals surface area contributed by atoms with E-state index in [-0.39, 0.29) is 11.2 Å². The quantitative estimate of drug-likeness (QED) is 0.825. The summed E-state index contributed by atoms with van der Waals surface area (Å²) in [5.41, 5.74) is 7.17. The first kappa shape index (κ1) is 11.7. The van der Waals surface area contributed by atoms with Gasteiger partial charge in [0.15, 0.2) is 0 Å². The summed E-state index contributed by atoms with van der Waals surface area (Å²) in [5, 5.41) is 0. The first-order valence-electron chi connectivity index (χ1n) is 5.13. The van der Waals surface area contributed by atoms with Gasteiger partial charge < -0.3 is 5.73 Å². The number of hydrogen-bond donors (Lipinski definition) is 1. The largest absolute Gasteiger partial charge is 0.398 e. The van der Waals surface area contributed by atoms with Gasteiger partial charge >= 0.3 is 0 Å². The molecule has 0 fully saturated rings. The fraction of sp³-hybridized carbons (Fsp3) is 0.500. The SMILES string of the molecule is CC(C)(C)C(=O)CCc1cnccc1N. The number of ketones is 1. The van der Waals surface area contributed by atoms with Gasteiger partial charge in [-0.15, -0.1) is 0 Å². The Morgan fingerprint density at radius 1 is 1.47 bits per heavy atom. The number of Topliss-reactive ketones (excluding diaryl/α,β-unsaturated/α-hetero) is 1. The number of pyridine rings is 1. The van der Waals surface area contributed by atoms with E-state index >= 15 is 0 Å². The van der Waals surface area contributed by atoms with Crippen LogP contribution >= 0.6 is 0 Å². The lowest BCUT2D eigenvalue weighted by molar-refractivity contribution is -0.126. The molecule has 0 unspecified atom stereocenters. The summed E-state index contributed by atoms with van der Waals surface area (Å²) in [5.74, 6) is 0.255. The number of anilines is 1. The van der Waals surface area contributed by atoms with Crippen molar-refractivity contribution in [1.29, 1.82) is 0 Å². The molecule has 3 heteroatoms. The molecule has 0 aliphatic heterocycles. The zero-order valence-electron chi connectivity index (χ0n) is 9.58. The third-order valence-corrected chi connectivity index (χ3v) is 2.40. The second-order valence-electron chi connectivity index (χ2n) is 4.75. The lowest BCUT2D eigenvalue weighted by Gasteiger charge is -2.16. The molecular weight excluding hydrogens is 188 g/mol. The lowest BCUT2D eigenvalue weighted by Crippen LogP contribution is -2.20. The zero-order chi connectivity index (χ0) is 11.5. The first-order valence-corrected chi connectivity index (χ1v) is 5.13. The molecular formula is C12H18N2O. The first-order chi connectivity index (χ1) is 6.91. The molecule has 1 aromatic rings. The van der Waals surface area contributed by atoms with Crippen molar-refractivity contribution >= 4 is 11.5 Å². The second-order valence-corrected chi connectivity index (χ2v) is 4.75. The molecule has 0 spiro atoms. The number of nitrogens with two attached hydrogens (primary N) is 1. The molecule has 0 aromatic carbocycles. The highest BCUT2D eigenvalue weighted by atomic mass is 16.1. The third-order valence-electron chi connectivity index (χ3n) is 2.40. The minimum atomic E-state index is -0.267. The molecule has 0 aliphatic carbocycles. The van der Waals surface area contributed by atoms with Gasteiger partial charge in [0.1, 0.15) is 5.78 Å². The maximum absolute atomic E-state index is 11.7. The van der Waals surface area contributed by atoms with Gasteiger partial charge in [0.25, 0.3) is 0 Å². The highest BCUT2D eigenvalue weighted by molar-refractivity contribution is 5.83. The smallest absolute Gasteiger partial charge is 0.138 e. The maximum Gasteiger partial charge on any atom is 0.138 e. The van der Waals surface area contributed by atoms with Crippen LogP contribution in [0, 0.1) is 5.41 Å². The van der Waals surface area contributed by atoms with E-state index in [0.717, 1.165) is 5.56 Å². The van der Waals surface area contributed by atoms with Gasteiger partial charge in [0.2, 0.25) is 0 Å². The van der Waals surface area contributed by atoms with E-state index in [1.165, 1.54) is 0 Å². The topological polar surface area (TPSA) is 56.0 Å². The van der Waals surface area contributed by atoms with E-state index in [9.17, 15) is 4.79 Å². The predicted molar refractivity (Wildman–Crippen MR) is 61.4 cm³/mol. The van der Waals surface area contributed by atoms with Crippen molar-refractivity contribution in [3.63, 3.8) is 0 Å². The number of nitrogen functional groups attached to an aromatic ring is 1. The normalized spacial score (nSPS) is 11.4. The van der Waals surface area contributed by atoms with Crippen LogP contribution in [0.15, 0.2) is 18.5 Å². The summed E-state index contributed by atoms with van der Waals surface area (Å²) >= 11 is 0. The Morgan fingerprint density at radius 2 is 2.13 bits per heavy atom. The molecule has 0 saturated carbocycles. The molecule has 0 bridgehead atoms. The van der Waals surface area contributed by atoms with Crippen LogP contribution in [-0.2, 0) is 11.2 Å². The van der Waals surface area contributed by atoms with Crippen LogP contribution in [-0.4, -0.2) is 10.8 Å². The molecule has 0 saturated heterocycles. The molecule has 1 rings (SSSR count). The fourth-order valence-corrected chi connectivity index (χ4v) is 1.27. The van der Waals surface area contributed by atoms with Gasteiger partial charge in [-0.3, -0.25) is 9.78 Å². The predicted octanol–water partition coefficient (Wildman–Crippen LogP) is 2.21. The fourth-order valence-electron chi connectivity index (χ4n) is 1.27. The summed E-state index contributed by atoms with van der Waals surface area (Å²) in [6.45, 7) is 5.80. The molecule has 0 amide bonds. The summed E-state index contributed by atoms with van der Waals surface area (Å²) in [7, 11) is 0. The molecule has 82 valence electrons. The third kappa shape index (κ3) is 3.35. The monoisotopic (exact) mass is 206 g/mol. The van der Waals surface area contributed by atoms with E-state index in [1.54, 1.807) is 18.5 Å². The number of carbonyl (C=O) groups is 1. The molecule has 15 heavy (non-hydrogen) atoms. The molecule has 0 atom stereocenters. The average molecular weight is 206 g/mol. The Bertz CT molecular complexity index is 353. The minimum Gasteiger partial charge on any atom is -0.398 e. The van der Waals surface area contributed by atoms with Crippen molar-refractivity contribution in [2.75, 3.05) is 5.73 Å². The van der Waals surface area contributed by atoms with Crippen molar-refractivity contribution in [2.24, 2.45) is 5.41 Å². The van der Waals surface area contributed by atoms with Crippen molar-refractivity contribution in [2.45, 2.75) is 33.6 Å². The van der Waals surface area contributed by atoms with Gasteiger partial charge in [-0.25, -0.2) is 0 Å². The molecule has 0 aliphatic rings. The van der Waals surface area contributed by atoms with Crippen molar-refractivity contribution in [3.05, 3.63) is 24.0 Å². The van der Waals surface area contributed by atoms with E-state index in [4.69, 9.17) is 5.73 Å². The van der Waals surface area contributed by atoms with Gasteiger partial charge in [0.05, 0.1) is 0 Å². The Balaban J connectivity index is 2.59. The summed E-state index contributed by atoms with van der Waals surface area (Å²) in [4.78, 5) is 15.7. The summed E-state index contributed by atoms with van der Waals surface area (Å²) in [6.07, 6.45) is 4.59. The maximum atomic E-state index is 11.7. The number of carbonyl (C=O) groups excluding carboxylic acids is 1. The molecule has 1 aromatic heterocycles. The van der Waals surface area contributed by atoms with E-state index in [2.05, 4.69) is 4.98 Å². The lowest BCUT2D eigenvalue weighted by atomic mass is 9.87. The van der Waals surface area contributed by atoms with Crippen LogP contribution in [0.2, 0.25) is 0 Å². The van der Waals surface area contributed by atoms with Crippen LogP contribution in [0.5, 0.6) is 0 Å². The van der Waals surface area contributed by atoms with Crippen LogP contribution in [0.3, 0.4) is 0 Å². The summed E-state index contributed by atoms with van der Waals surface area (Å²) < 4.78 is 0. The van der Waals surface area contributed by atoms with E-state index in [1.807, 2.05) is 20.8 Å². The van der Waals surface area contributed by atoms with Gasteiger partial charge in [-0.2, -0.15) is 0 Å². The Kier molecular flexibility index (Phi) is 3.45. The Morgan fingerprint density at radius 3 is 2.67 bits per heavy atom. The standard InChI is InChI=1S/C12H18N2O/c1-12(2,3)11(15)5-4-9-8-14-7-6-10(9)13/h6-8H,4-5H2,1-3H3,(H2,13,14). The van der Waals surface area contributed by atoms with Crippen LogP contribution in [0.25, 0.3) is 0 Å². The van der Waals surface area contributed by atoms with Crippen LogP contribution in [0.1, 0.15) is 32.8 Å². The van der Waals surface area contributed by atoms with Crippen LogP contribution in [0.4, 0.5) is 5.69 Å². The number of rotatable bonds is 3.